The van der Waals surface area contributed by atoms with Crippen LogP contribution in [0.1, 0.15) is 26.5 Å². The summed E-state index contributed by atoms with van der Waals surface area (Å²) in [5, 5.41) is 0.772. The molecule has 0 radical (unpaired) electrons. The summed E-state index contributed by atoms with van der Waals surface area (Å²) >= 11 is 3.39. The molecule has 170 valence electrons. The van der Waals surface area contributed by atoms with Crippen LogP contribution < -0.4 is 18.9 Å². The lowest BCUT2D eigenvalue weighted by Crippen LogP contribution is -2.07. The van der Waals surface area contributed by atoms with Crippen LogP contribution in [0.25, 0.3) is 17.0 Å². The molecule has 8 heteroatoms. The lowest BCUT2D eigenvalue weighted by molar-refractivity contribution is 0.0703. The number of rotatable bonds is 5. The Kier molecular flexibility index (Phi) is 5.59. The molecule has 0 saturated heterocycles. The molecule has 34 heavy (non-hydrogen) atoms. The van der Waals surface area contributed by atoms with Gasteiger partial charge in [-0.05, 0) is 60.2 Å². The Balaban J connectivity index is 1.36. The Hall–Kier alpha value is -4.04. The molecule has 1 aromatic heterocycles. The zero-order valence-corrected chi connectivity index (χ0v) is 19.7. The van der Waals surface area contributed by atoms with Crippen LogP contribution in [0.4, 0.5) is 0 Å². The zero-order valence-electron chi connectivity index (χ0n) is 18.1. The Labute approximate surface area is 202 Å². The summed E-state index contributed by atoms with van der Waals surface area (Å²) in [5.41, 5.74) is 1.65. The van der Waals surface area contributed by atoms with Crippen molar-refractivity contribution in [2.24, 2.45) is 0 Å². The number of hydrogen-bond donors (Lipinski definition) is 0. The van der Waals surface area contributed by atoms with Crippen molar-refractivity contribution in [2.45, 2.75) is 0 Å². The number of ether oxygens (including phenoxy) is 4. The summed E-state index contributed by atoms with van der Waals surface area (Å²) in [6, 6.07) is 16.9. The van der Waals surface area contributed by atoms with Gasteiger partial charge in [-0.2, -0.15) is 0 Å². The number of furan rings is 1. The maximum Gasteiger partial charge on any atom is 0.379 e. The van der Waals surface area contributed by atoms with Crippen molar-refractivity contribution in [3.05, 3.63) is 87.8 Å². The highest BCUT2D eigenvalue weighted by Crippen LogP contribution is 2.36. The molecule has 0 bridgehead atoms. The van der Waals surface area contributed by atoms with E-state index in [0.29, 0.717) is 34.0 Å². The minimum Gasteiger partial charge on any atom is -0.493 e. The molecule has 0 atom stereocenters. The van der Waals surface area contributed by atoms with E-state index in [1.54, 1.807) is 49.6 Å². The second-order valence-corrected chi connectivity index (χ2v) is 8.31. The summed E-state index contributed by atoms with van der Waals surface area (Å²) in [6.07, 6.45) is 1.61. The van der Waals surface area contributed by atoms with Gasteiger partial charge in [0, 0.05) is 15.9 Å². The average Bonchev–Trinajstić information content (AvgIpc) is 3.39. The molecule has 3 aromatic carbocycles. The van der Waals surface area contributed by atoms with Crippen LogP contribution in [-0.4, -0.2) is 26.0 Å². The van der Waals surface area contributed by atoms with E-state index in [2.05, 4.69) is 15.9 Å². The minimum absolute atomic E-state index is 0.0691. The third-order valence-corrected chi connectivity index (χ3v) is 5.73. The molecule has 1 aliphatic rings. The minimum atomic E-state index is -0.655. The van der Waals surface area contributed by atoms with Gasteiger partial charge < -0.3 is 23.4 Å². The largest absolute Gasteiger partial charge is 0.493 e. The van der Waals surface area contributed by atoms with E-state index in [0.717, 1.165) is 9.86 Å². The molecule has 2 heterocycles. The molecule has 0 spiro atoms. The fourth-order valence-corrected chi connectivity index (χ4v) is 3.98. The first kappa shape index (κ1) is 21.8. The van der Waals surface area contributed by atoms with Crippen LogP contribution in [0, 0.1) is 0 Å². The fraction of sp³-hybridized carbons (Fsp3) is 0.0769. The van der Waals surface area contributed by atoms with E-state index in [1.807, 2.05) is 12.1 Å². The van der Waals surface area contributed by atoms with Crippen LogP contribution in [0.5, 0.6) is 23.0 Å². The molecule has 0 amide bonds. The Morgan fingerprint density at radius 2 is 1.76 bits per heavy atom. The summed E-state index contributed by atoms with van der Waals surface area (Å²) < 4.78 is 28.2. The monoisotopic (exact) mass is 520 g/mol. The normalized spacial score (nSPS) is 13.6. The standard InChI is InChI=1S/C26H17BrO7/c1-30-20-7-3-14(9-22(20)31-2)10-23-25(28)18-6-5-17(13-21(18)34-23)32-26(29)24-12-15-11-16(27)4-8-19(15)33-24/h3-13H,1-2H3/b23-10-. The van der Waals surface area contributed by atoms with Crippen LogP contribution in [0.2, 0.25) is 0 Å². The van der Waals surface area contributed by atoms with Crippen molar-refractivity contribution in [1.29, 1.82) is 0 Å². The number of esters is 1. The first-order valence-corrected chi connectivity index (χ1v) is 11.0. The highest BCUT2D eigenvalue weighted by molar-refractivity contribution is 9.10. The number of Topliss-reactive ketones (excluding diaryl/α,β-unsaturated/α-hetero) is 1. The Bertz CT molecular complexity index is 1480. The molecule has 0 N–H and O–H groups in total. The van der Waals surface area contributed by atoms with Gasteiger partial charge in [0.25, 0.3) is 0 Å². The number of fused-ring (bicyclic) bond motifs is 2. The molecule has 0 saturated carbocycles. The first-order valence-electron chi connectivity index (χ1n) is 10.2. The highest BCUT2D eigenvalue weighted by Gasteiger charge is 2.28. The van der Waals surface area contributed by atoms with Gasteiger partial charge in [-0.1, -0.05) is 22.0 Å². The molecule has 1 aliphatic heterocycles. The van der Waals surface area contributed by atoms with Crippen molar-refractivity contribution in [1.82, 2.24) is 0 Å². The lowest BCUT2D eigenvalue weighted by atomic mass is 10.1. The molecule has 0 aliphatic carbocycles. The Morgan fingerprint density at radius 3 is 2.56 bits per heavy atom. The number of methoxy groups -OCH3 is 2. The van der Waals surface area contributed by atoms with Crippen LogP contribution in [-0.2, 0) is 0 Å². The summed E-state index contributed by atoms with van der Waals surface area (Å²) in [5.74, 6) is 0.930. The molecule has 4 aromatic rings. The van der Waals surface area contributed by atoms with E-state index in [4.69, 9.17) is 23.4 Å². The summed E-state index contributed by atoms with van der Waals surface area (Å²) in [6.45, 7) is 0. The van der Waals surface area contributed by atoms with E-state index < -0.39 is 5.97 Å². The van der Waals surface area contributed by atoms with Crippen molar-refractivity contribution in [3.8, 4) is 23.0 Å². The van der Waals surface area contributed by atoms with Crippen molar-refractivity contribution >= 4 is 44.7 Å². The first-order chi connectivity index (χ1) is 16.4. The van der Waals surface area contributed by atoms with Crippen molar-refractivity contribution < 1.29 is 33.0 Å². The lowest BCUT2D eigenvalue weighted by Gasteiger charge is -2.08. The van der Waals surface area contributed by atoms with E-state index in [-0.39, 0.29) is 23.1 Å². The van der Waals surface area contributed by atoms with E-state index in [1.165, 1.54) is 19.2 Å². The van der Waals surface area contributed by atoms with Gasteiger partial charge in [0.2, 0.25) is 11.5 Å². The van der Waals surface area contributed by atoms with Crippen LogP contribution in [0.15, 0.2) is 75.3 Å². The predicted octanol–water partition coefficient (Wildman–Crippen LogP) is 6.05. The second-order valence-electron chi connectivity index (χ2n) is 7.39. The van der Waals surface area contributed by atoms with E-state index in [9.17, 15) is 9.59 Å². The van der Waals surface area contributed by atoms with Crippen molar-refractivity contribution in [2.75, 3.05) is 14.2 Å². The van der Waals surface area contributed by atoms with Gasteiger partial charge in [-0.25, -0.2) is 4.79 Å². The van der Waals surface area contributed by atoms with Crippen LogP contribution in [0.3, 0.4) is 0 Å². The topological polar surface area (TPSA) is 84.2 Å². The third-order valence-electron chi connectivity index (χ3n) is 5.24. The summed E-state index contributed by atoms with van der Waals surface area (Å²) in [4.78, 5) is 25.4. The number of hydrogen-bond acceptors (Lipinski definition) is 7. The van der Waals surface area contributed by atoms with Crippen LogP contribution >= 0.6 is 15.9 Å². The number of benzene rings is 3. The number of ketones is 1. The fourth-order valence-electron chi connectivity index (χ4n) is 3.60. The second kappa shape index (κ2) is 8.72. The van der Waals surface area contributed by atoms with Crippen molar-refractivity contribution in [3.63, 3.8) is 0 Å². The third kappa shape index (κ3) is 4.04. The summed E-state index contributed by atoms with van der Waals surface area (Å²) in [7, 11) is 3.09. The SMILES string of the molecule is COc1ccc(/C=C2\Oc3cc(OC(=O)c4cc5cc(Br)ccc5o4)ccc3C2=O)cc1OC. The van der Waals surface area contributed by atoms with Gasteiger partial charge in [0.1, 0.15) is 17.1 Å². The highest BCUT2D eigenvalue weighted by atomic mass is 79.9. The van der Waals surface area contributed by atoms with Gasteiger partial charge in [-0.15, -0.1) is 0 Å². The number of carbonyl (C=O) groups excluding carboxylic acids is 2. The maximum atomic E-state index is 12.8. The molecule has 0 unspecified atom stereocenters. The van der Waals surface area contributed by atoms with Gasteiger partial charge in [0.05, 0.1) is 19.8 Å². The molecule has 0 fully saturated rings. The van der Waals surface area contributed by atoms with E-state index >= 15 is 0 Å². The number of carbonyl (C=O) groups is 2. The smallest absolute Gasteiger partial charge is 0.379 e. The maximum absolute atomic E-state index is 12.8. The molecular formula is C26H17BrO7. The molecular weight excluding hydrogens is 504 g/mol. The van der Waals surface area contributed by atoms with Gasteiger partial charge in [-0.3, -0.25) is 4.79 Å². The zero-order chi connectivity index (χ0) is 23.8. The number of allylic oxidation sites excluding steroid dienone is 1. The number of halogens is 1. The van der Waals surface area contributed by atoms with Gasteiger partial charge >= 0.3 is 5.97 Å². The average molecular weight is 521 g/mol. The quantitative estimate of drug-likeness (QED) is 0.180. The van der Waals surface area contributed by atoms with Gasteiger partial charge in [0.15, 0.2) is 17.3 Å². The molecule has 7 nitrogen and oxygen atoms in total. The Morgan fingerprint density at radius 1 is 0.941 bits per heavy atom. The molecule has 5 rings (SSSR count). The predicted molar refractivity (Wildman–Crippen MR) is 128 cm³/mol.